The van der Waals surface area contributed by atoms with Crippen LogP contribution < -0.4 is 5.32 Å². The molecule has 0 heterocycles. The highest BCUT2D eigenvalue weighted by Gasteiger charge is 2.22. The lowest BCUT2D eigenvalue weighted by Crippen LogP contribution is -2.43. The van der Waals surface area contributed by atoms with Gasteiger partial charge in [0.1, 0.15) is 0 Å². The van der Waals surface area contributed by atoms with Crippen molar-refractivity contribution < 1.29 is 14.3 Å². The van der Waals surface area contributed by atoms with Crippen LogP contribution >= 0.6 is 27.7 Å². The van der Waals surface area contributed by atoms with E-state index >= 15 is 0 Å². The summed E-state index contributed by atoms with van der Waals surface area (Å²) in [6.07, 6.45) is 4.85. The number of ether oxygens (including phenoxy) is 1. The van der Waals surface area contributed by atoms with Crippen molar-refractivity contribution in [3.63, 3.8) is 0 Å². The van der Waals surface area contributed by atoms with Crippen molar-refractivity contribution in [1.82, 2.24) is 5.32 Å². The lowest BCUT2D eigenvalue weighted by Gasteiger charge is -2.24. The molecule has 0 bridgehead atoms. The Balaban J connectivity index is 1.70. The summed E-state index contributed by atoms with van der Waals surface area (Å²) < 4.78 is 6.22. The number of hydrogen-bond donors (Lipinski definition) is 1. The van der Waals surface area contributed by atoms with E-state index in [-0.39, 0.29) is 23.7 Å². The van der Waals surface area contributed by atoms with Gasteiger partial charge in [-0.15, -0.1) is 11.8 Å². The van der Waals surface area contributed by atoms with E-state index in [4.69, 9.17) is 4.74 Å². The van der Waals surface area contributed by atoms with Crippen LogP contribution in [-0.4, -0.2) is 29.8 Å². The summed E-state index contributed by atoms with van der Waals surface area (Å²) in [4.78, 5) is 24.9. The molecule has 2 rings (SSSR count). The van der Waals surface area contributed by atoms with Crippen LogP contribution in [0.2, 0.25) is 0 Å². The lowest BCUT2D eigenvalue weighted by atomic mass is 9.95. The number of rotatable bonds is 6. The molecule has 1 N–H and O–H groups in total. The van der Waals surface area contributed by atoms with E-state index in [2.05, 4.69) is 21.2 Å². The highest BCUT2D eigenvalue weighted by atomic mass is 79.9. The lowest BCUT2D eigenvalue weighted by molar-refractivity contribution is -0.152. The van der Waals surface area contributed by atoms with E-state index in [1.807, 2.05) is 24.3 Å². The number of carbonyl (C=O) groups excluding carboxylic acids is 2. The summed E-state index contributed by atoms with van der Waals surface area (Å²) >= 11 is 4.77. The number of thioether (sulfide) groups is 1. The number of benzene rings is 1. The fraction of sp³-hybridized carbons (Fsp3) is 0.529. The topological polar surface area (TPSA) is 55.4 Å². The molecule has 6 heteroatoms. The maximum atomic E-state index is 12.1. The largest absolute Gasteiger partial charge is 0.452 e. The minimum absolute atomic E-state index is 0.195. The van der Waals surface area contributed by atoms with Gasteiger partial charge in [-0.05, 0) is 44.0 Å². The quantitative estimate of drug-likeness (QED) is 0.581. The average molecular weight is 400 g/mol. The van der Waals surface area contributed by atoms with Crippen molar-refractivity contribution >= 4 is 39.6 Å². The molecule has 1 aromatic rings. The SMILES string of the molecule is CC(OC(=O)CSc1ccc(Br)cc1)C(=O)NC1CCCCC1. The van der Waals surface area contributed by atoms with Crippen molar-refractivity contribution in [1.29, 1.82) is 0 Å². The highest BCUT2D eigenvalue weighted by molar-refractivity contribution is 9.10. The Hall–Kier alpha value is -1.01. The smallest absolute Gasteiger partial charge is 0.317 e. The first-order valence-electron chi connectivity index (χ1n) is 7.93. The number of carbonyl (C=O) groups is 2. The summed E-state index contributed by atoms with van der Waals surface area (Å²) in [5.74, 6) is -0.369. The Labute approximate surface area is 149 Å². The van der Waals surface area contributed by atoms with Gasteiger partial charge < -0.3 is 10.1 Å². The molecule has 1 aromatic carbocycles. The Morgan fingerprint density at radius 3 is 2.57 bits per heavy atom. The second-order valence-electron chi connectivity index (χ2n) is 5.72. The van der Waals surface area contributed by atoms with Crippen LogP contribution in [0.4, 0.5) is 0 Å². The van der Waals surface area contributed by atoms with Crippen LogP contribution in [0.15, 0.2) is 33.6 Å². The van der Waals surface area contributed by atoms with Crippen molar-refractivity contribution in [3.8, 4) is 0 Å². The van der Waals surface area contributed by atoms with Gasteiger partial charge in [0, 0.05) is 15.4 Å². The monoisotopic (exact) mass is 399 g/mol. The van der Waals surface area contributed by atoms with Gasteiger partial charge in [-0.1, -0.05) is 35.2 Å². The number of esters is 1. The Morgan fingerprint density at radius 2 is 1.91 bits per heavy atom. The third-order valence-electron chi connectivity index (χ3n) is 3.80. The van der Waals surface area contributed by atoms with Gasteiger partial charge in [0.05, 0.1) is 5.75 Å². The van der Waals surface area contributed by atoms with E-state index in [0.29, 0.717) is 0 Å². The zero-order chi connectivity index (χ0) is 16.7. The molecule has 0 spiro atoms. The molecule has 1 unspecified atom stereocenters. The molecule has 0 radical (unpaired) electrons. The van der Waals surface area contributed by atoms with Gasteiger partial charge in [0.2, 0.25) is 0 Å². The molecule has 23 heavy (non-hydrogen) atoms. The zero-order valence-corrected chi connectivity index (χ0v) is 15.6. The van der Waals surface area contributed by atoms with Gasteiger partial charge >= 0.3 is 5.97 Å². The Bertz CT molecular complexity index is 529. The third kappa shape index (κ3) is 6.55. The van der Waals surface area contributed by atoms with E-state index in [0.717, 1.165) is 35.1 Å². The fourth-order valence-electron chi connectivity index (χ4n) is 2.52. The predicted molar refractivity (Wildman–Crippen MR) is 95.4 cm³/mol. The second kappa shape index (κ2) is 9.33. The summed E-state index contributed by atoms with van der Waals surface area (Å²) in [6.45, 7) is 1.63. The third-order valence-corrected chi connectivity index (χ3v) is 5.31. The molecule has 1 fully saturated rings. The van der Waals surface area contributed by atoms with Gasteiger partial charge in [-0.3, -0.25) is 9.59 Å². The van der Waals surface area contributed by atoms with Gasteiger partial charge in [0.25, 0.3) is 5.91 Å². The van der Waals surface area contributed by atoms with Gasteiger partial charge in [0.15, 0.2) is 6.10 Å². The molecule has 1 saturated carbocycles. The standard InChI is InChI=1S/C17H22BrNO3S/c1-12(17(21)19-14-5-3-2-4-6-14)22-16(20)11-23-15-9-7-13(18)8-10-15/h7-10,12,14H,2-6,11H2,1H3,(H,19,21). The molecule has 0 aromatic heterocycles. The summed E-state index contributed by atoms with van der Waals surface area (Å²) in [7, 11) is 0. The molecular weight excluding hydrogens is 378 g/mol. The van der Waals surface area contributed by atoms with E-state index in [9.17, 15) is 9.59 Å². The average Bonchev–Trinajstić information content (AvgIpc) is 2.55. The summed E-state index contributed by atoms with van der Waals surface area (Å²) in [5.41, 5.74) is 0. The van der Waals surface area contributed by atoms with Crippen molar-refractivity contribution in [2.45, 2.75) is 56.1 Å². The first-order valence-corrected chi connectivity index (χ1v) is 9.70. The molecule has 1 aliphatic rings. The van der Waals surface area contributed by atoms with Crippen LogP contribution in [0, 0.1) is 0 Å². The van der Waals surface area contributed by atoms with Crippen molar-refractivity contribution in [2.24, 2.45) is 0 Å². The van der Waals surface area contributed by atoms with Crippen LogP contribution in [-0.2, 0) is 14.3 Å². The van der Waals surface area contributed by atoms with Crippen LogP contribution in [0.5, 0.6) is 0 Å². The van der Waals surface area contributed by atoms with Gasteiger partial charge in [-0.2, -0.15) is 0 Å². The molecule has 0 saturated heterocycles. The molecule has 1 atom stereocenters. The molecule has 0 aliphatic heterocycles. The Morgan fingerprint density at radius 1 is 1.26 bits per heavy atom. The number of hydrogen-bond acceptors (Lipinski definition) is 4. The number of amides is 1. The van der Waals surface area contributed by atoms with Crippen LogP contribution in [0.1, 0.15) is 39.0 Å². The second-order valence-corrected chi connectivity index (χ2v) is 7.68. The maximum Gasteiger partial charge on any atom is 0.317 e. The van der Waals surface area contributed by atoms with Crippen molar-refractivity contribution in [2.75, 3.05) is 5.75 Å². The fourth-order valence-corrected chi connectivity index (χ4v) is 3.47. The minimum atomic E-state index is -0.741. The molecule has 1 amide bonds. The maximum absolute atomic E-state index is 12.1. The molecule has 4 nitrogen and oxygen atoms in total. The van der Waals surface area contributed by atoms with E-state index in [1.54, 1.807) is 6.92 Å². The first-order chi connectivity index (χ1) is 11.0. The van der Waals surface area contributed by atoms with Crippen molar-refractivity contribution in [3.05, 3.63) is 28.7 Å². The Kier molecular flexibility index (Phi) is 7.43. The van der Waals surface area contributed by atoms with Crippen LogP contribution in [0.25, 0.3) is 0 Å². The minimum Gasteiger partial charge on any atom is -0.452 e. The zero-order valence-electron chi connectivity index (χ0n) is 13.2. The van der Waals surface area contributed by atoms with E-state index in [1.165, 1.54) is 18.2 Å². The predicted octanol–water partition coefficient (Wildman–Crippen LogP) is 3.92. The van der Waals surface area contributed by atoms with E-state index < -0.39 is 6.10 Å². The summed E-state index contributed by atoms with van der Waals surface area (Å²) in [5, 5.41) is 2.98. The molecular formula is C17H22BrNO3S. The molecule has 1 aliphatic carbocycles. The highest BCUT2D eigenvalue weighted by Crippen LogP contribution is 2.21. The normalized spacial score (nSPS) is 16.6. The number of nitrogens with one attached hydrogen (secondary N) is 1. The first kappa shape index (κ1) is 18.3. The molecule has 126 valence electrons. The van der Waals surface area contributed by atoms with Gasteiger partial charge in [-0.25, -0.2) is 0 Å². The summed E-state index contributed by atoms with van der Waals surface area (Å²) in [6, 6.07) is 7.94. The number of halogens is 1. The van der Waals surface area contributed by atoms with Crippen LogP contribution in [0.3, 0.4) is 0 Å².